The van der Waals surface area contributed by atoms with E-state index in [1.807, 2.05) is 0 Å². The van der Waals surface area contributed by atoms with Gasteiger partial charge < -0.3 is 25.2 Å². The first-order valence-electron chi connectivity index (χ1n) is 11.8. The number of rotatable bonds is 3. The molecule has 2 heterocycles. The Morgan fingerprint density at radius 3 is 2.42 bits per heavy atom. The maximum absolute atomic E-state index is 14.7. The van der Waals surface area contributed by atoms with E-state index < -0.39 is 35.6 Å². The molecule has 190 valence electrons. The second-order valence-corrected chi connectivity index (χ2v) is 9.80. The van der Waals surface area contributed by atoms with Crippen LogP contribution in [-0.4, -0.2) is 66.6 Å². The van der Waals surface area contributed by atoms with Crippen LogP contribution in [0.2, 0.25) is 0 Å². The third kappa shape index (κ3) is 5.48. The molecule has 2 N–H and O–H groups in total. The van der Waals surface area contributed by atoms with Gasteiger partial charge >= 0.3 is 12.1 Å². The first kappa shape index (κ1) is 25.2. The van der Waals surface area contributed by atoms with Gasteiger partial charge in [-0.25, -0.2) is 19.0 Å². The maximum atomic E-state index is 14.7. The number of fused-ring (bicyclic) bond motifs is 1. The molecule has 0 bridgehead atoms. The summed E-state index contributed by atoms with van der Waals surface area (Å²) < 4.78 is 20.1. The number of hydrogen-bond acceptors (Lipinski definition) is 5. The summed E-state index contributed by atoms with van der Waals surface area (Å²) in [6.07, 6.45) is -1.18. The third-order valence-electron chi connectivity index (χ3n) is 5.92. The number of urea groups is 1. The molecule has 0 spiro atoms. The van der Waals surface area contributed by atoms with E-state index in [4.69, 9.17) is 4.74 Å². The molecule has 36 heavy (non-hydrogen) atoms. The number of nitrogens with zero attached hydrogens (tertiary/aromatic N) is 3. The Bertz CT molecular complexity index is 1210. The molecule has 0 radical (unpaired) electrons. The number of ether oxygens (including phenoxy) is 1. The maximum Gasteiger partial charge on any atom is 0.410 e. The molecule has 9 nitrogen and oxygen atoms in total. The number of benzene rings is 2. The number of amides is 4. The fourth-order valence-corrected chi connectivity index (χ4v) is 4.21. The van der Waals surface area contributed by atoms with E-state index in [1.165, 1.54) is 15.9 Å². The molecule has 2 aromatic rings. The van der Waals surface area contributed by atoms with Crippen molar-refractivity contribution in [3.05, 3.63) is 65.5 Å². The summed E-state index contributed by atoms with van der Waals surface area (Å²) in [4.78, 5) is 45.8. The van der Waals surface area contributed by atoms with E-state index in [2.05, 4.69) is 15.6 Å². The molecule has 2 aliphatic heterocycles. The van der Waals surface area contributed by atoms with Crippen LogP contribution in [0.15, 0.2) is 53.5 Å². The Hall–Kier alpha value is -3.95. The zero-order valence-corrected chi connectivity index (χ0v) is 20.7. The van der Waals surface area contributed by atoms with E-state index in [0.29, 0.717) is 24.2 Å². The van der Waals surface area contributed by atoms with Crippen molar-refractivity contribution >= 4 is 29.4 Å². The highest BCUT2D eigenvalue weighted by atomic mass is 19.1. The first-order chi connectivity index (χ1) is 17.0. The number of aliphatic imine (C=N–C) groups is 1. The zero-order valence-electron chi connectivity index (χ0n) is 20.7. The highest BCUT2D eigenvalue weighted by molar-refractivity contribution is 6.20. The molecule has 10 heteroatoms. The molecule has 4 amide bonds. The van der Waals surface area contributed by atoms with Crippen molar-refractivity contribution in [3.63, 3.8) is 0 Å². The molecule has 0 aliphatic carbocycles. The monoisotopic (exact) mass is 495 g/mol. The van der Waals surface area contributed by atoms with Gasteiger partial charge in [-0.2, -0.15) is 0 Å². The van der Waals surface area contributed by atoms with E-state index in [1.54, 1.807) is 70.3 Å². The number of carbonyl (C=O) groups is 3. The molecule has 2 aliphatic rings. The number of likely N-dealkylation sites (N-methyl/N-ethyl adjacent to an activating group) is 1. The summed E-state index contributed by atoms with van der Waals surface area (Å²) in [5.74, 6) is -0.954. The highest BCUT2D eigenvalue weighted by Gasteiger charge is 2.34. The van der Waals surface area contributed by atoms with Gasteiger partial charge in [0.2, 0.25) is 6.17 Å². The number of carbonyl (C=O) groups excluding carboxylic acids is 3. The normalized spacial score (nSPS) is 19.8. The molecule has 2 atom stereocenters. The van der Waals surface area contributed by atoms with Crippen molar-refractivity contribution in [2.24, 2.45) is 4.99 Å². The largest absolute Gasteiger partial charge is 0.444 e. The Kier molecular flexibility index (Phi) is 6.96. The smallest absolute Gasteiger partial charge is 0.410 e. The van der Waals surface area contributed by atoms with E-state index in [-0.39, 0.29) is 23.9 Å². The van der Waals surface area contributed by atoms with Gasteiger partial charge in [-0.15, -0.1) is 0 Å². The summed E-state index contributed by atoms with van der Waals surface area (Å²) in [6, 6.07) is 12.3. The number of anilines is 1. The van der Waals surface area contributed by atoms with Crippen molar-refractivity contribution in [2.45, 2.75) is 45.0 Å². The van der Waals surface area contributed by atoms with E-state index >= 15 is 0 Å². The molecule has 0 aromatic heterocycles. The average molecular weight is 496 g/mol. The molecule has 1 fully saturated rings. The minimum atomic E-state index is -1.28. The Morgan fingerprint density at radius 1 is 1.06 bits per heavy atom. The van der Waals surface area contributed by atoms with E-state index in [0.717, 1.165) is 0 Å². The minimum Gasteiger partial charge on any atom is -0.444 e. The van der Waals surface area contributed by atoms with Crippen LogP contribution in [0.5, 0.6) is 0 Å². The van der Waals surface area contributed by atoms with Gasteiger partial charge in [0.25, 0.3) is 5.91 Å². The van der Waals surface area contributed by atoms with Crippen LogP contribution in [0.4, 0.5) is 19.7 Å². The van der Waals surface area contributed by atoms with Gasteiger partial charge in [-0.1, -0.05) is 30.3 Å². The zero-order chi connectivity index (χ0) is 26.0. The third-order valence-corrected chi connectivity index (χ3v) is 5.92. The lowest BCUT2D eigenvalue weighted by molar-refractivity contribution is -0.119. The van der Waals surface area contributed by atoms with Gasteiger partial charge in [0.05, 0.1) is 11.4 Å². The summed E-state index contributed by atoms with van der Waals surface area (Å²) >= 11 is 0. The lowest BCUT2D eigenvalue weighted by Gasteiger charge is -2.24. The lowest BCUT2D eigenvalue weighted by Crippen LogP contribution is -2.52. The Balaban J connectivity index is 1.52. The molecular formula is C26H30FN5O4. The highest BCUT2D eigenvalue weighted by Crippen LogP contribution is 2.28. The predicted molar refractivity (Wildman–Crippen MR) is 134 cm³/mol. The van der Waals surface area contributed by atoms with Crippen molar-refractivity contribution in [1.82, 2.24) is 15.5 Å². The molecular weight excluding hydrogens is 465 g/mol. The standard InChI is InChI=1S/C26H30FN5O4/c1-26(2,3)36-25(35)32-14-13-16(15-32)28-24(34)30-22-23(33)31(4)20-12-8-6-10-18(20)21(29-22)17-9-5-7-11-19(17)27/h5-12,16,22H,13-15H2,1-4H3,(H2,28,30,34). The summed E-state index contributed by atoms with van der Waals surface area (Å²) in [5, 5.41) is 5.42. The molecule has 2 aromatic carbocycles. The van der Waals surface area contributed by atoms with E-state index in [9.17, 15) is 18.8 Å². The Labute approximate surface area is 209 Å². The lowest BCUT2D eigenvalue weighted by atomic mass is 10.00. The number of hydrogen-bond donors (Lipinski definition) is 2. The molecule has 1 saturated heterocycles. The molecule has 2 unspecified atom stereocenters. The van der Waals surface area contributed by atoms with Crippen LogP contribution >= 0.6 is 0 Å². The average Bonchev–Trinajstić information content (AvgIpc) is 3.25. The summed E-state index contributed by atoms with van der Waals surface area (Å²) in [7, 11) is 1.59. The summed E-state index contributed by atoms with van der Waals surface area (Å²) in [6.45, 7) is 6.10. The van der Waals surface area contributed by atoms with Gasteiger partial charge in [0.1, 0.15) is 11.4 Å². The minimum absolute atomic E-state index is 0.226. The summed E-state index contributed by atoms with van der Waals surface area (Å²) in [5.41, 5.74) is 1.01. The second kappa shape index (κ2) is 9.96. The van der Waals surface area contributed by atoms with Gasteiger partial charge in [-0.05, 0) is 45.4 Å². The van der Waals surface area contributed by atoms with Crippen LogP contribution in [0.25, 0.3) is 0 Å². The van der Waals surface area contributed by atoms with Crippen LogP contribution in [0.1, 0.15) is 38.3 Å². The first-order valence-corrected chi connectivity index (χ1v) is 11.8. The van der Waals surface area contributed by atoms with Gasteiger partial charge in [0, 0.05) is 37.3 Å². The van der Waals surface area contributed by atoms with Gasteiger partial charge in [0.15, 0.2) is 0 Å². The van der Waals surface area contributed by atoms with Gasteiger partial charge in [-0.3, -0.25) is 4.79 Å². The van der Waals surface area contributed by atoms with Crippen LogP contribution in [-0.2, 0) is 9.53 Å². The van der Waals surface area contributed by atoms with Crippen molar-refractivity contribution in [1.29, 1.82) is 0 Å². The molecule has 0 saturated carbocycles. The predicted octanol–water partition coefficient (Wildman–Crippen LogP) is 3.27. The topological polar surface area (TPSA) is 103 Å². The van der Waals surface area contributed by atoms with Crippen LogP contribution in [0.3, 0.4) is 0 Å². The van der Waals surface area contributed by atoms with Crippen molar-refractivity contribution in [3.8, 4) is 0 Å². The molecule has 4 rings (SSSR count). The Morgan fingerprint density at radius 2 is 1.72 bits per heavy atom. The van der Waals surface area contributed by atoms with Crippen LogP contribution < -0.4 is 15.5 Å². The SMILES string of the molecule is CN1C(=O)C(NC(=O)NC2CCN(C(=O)OC(C)(C)C)C2)N=C(c2ccccc2F)c2ccccc21. The number of nitrogens with one attached hydrogen (secondary N) is 2. The second-order valence-electron chi connectivity index (χ2n) is 9.80. The van der Waals surface area contributed by atoms with Crippen LogP contribution in [0, 0.1) is 5.82 Å². The van der Waals surface area contributed by atoms with Crippen molar-refractivity contribution < 1.29 is 23.5 Å². The van der Waals surface area contributed by atoms with Crippen molar-refractivity contribution in [2.75, 3.05) is 25.0 Å². The number of halogens is 1. The fraction of sp³-hybridized carbons (Fsp3) is 0.385. The number of para-hydroxylation sites is 1. The fourth-order valence-electron chi connectivity index (χ4n) is 4.21. The number of benzodiazepines with no additional fused rings is 1. The number of likely N-dealkylation sites (tertiary alicyclic amines) is 1. The quantitative estimate of drug-likeness (QED) is 0.682.